The van der Waals surface area contributed by atoms with E-state index >= 15 is 0 Å². The van der Waals surface area contributed by atoms with Gasteiger partial charge in [-0.1, -0.05) is 24.3 Å². The topological polar surface area (TPSA) is 35.2 Å². The first-order chi connectivity index (χ1) is 11.7. The van der Waals surface area contributed by atoms with Crippen LogP contribution in [0.4, 0.5) is 0 Å². The van der Waals surface area contributed by atoms with Crippen molar-refractivity contribution in [2.45, 2.75) is 13.5 Å². The quantitative estimate of drug-likeness (QED) is 0.804. The smallest absolute Gasteiger partial charge is 0.137 e. The van der Waals surface area contributed by atoms with Gasteiger partial charge in [0.05, 0.1) is 0 Å². The number of pyridine rings is 1. The lowest BCUT2D eigenvalue weighted by atomic mass is 10.0. The second-order valence-corrected chi connectivity index (χ2v) is 6.89. The maximum Gasteiger partial charge on any atom is 0.137 e. The van der Waals surface area contributed by atoms with E-state index in [1.165, 1.54) is 35.2 Å². The van der Waals surface area contributed by atoms with Crippen molar-refractivity contribution < 1.29 is 0 Å². The first-order valence-electron chi connectivity index (χ1n) is 8.63. The predicted molar refractivity (Wildman–Crippen MR) is 99.0 cm³/mol. The Morgan fingerprint density at radius 3 is 2.50 bits per heavy atom. The maximum atomic E-state index is 4.53. The molecule has 0 amide bonds. The van der Waals surface area contributed by atoms with Crippen LogP contribution in [0.2, 0.25) is 0 Å². The molecule has 4 rings (SSSR count). The van der Waals surface area contributed by atoms with Crippen LogP contribution in [0.25, 0.3) is 22.2 Å². The molecule has 124 valence electrons. The predicted octanol–water partition coefficient (Wildman–Crippen LogP) is 3.29. The highest BCUT2D eigenvalue weighted by Gasteiger charge is 2.13. The van der Waals surface area contributed by atoms with Gasteiger partial charge in [-0.25, -0.2) is 4.98 Å². The van der Waals surface area contributed by atoms with Crippen molar-refractivity contribution in [1.82, 2.24) is 19.8 Å². The molecule has 3 aromatic rings. The van der Waals surface area contributed by atoms with E-state index < -0.39 is 0 Å². The standard InChI is InChI=1S/C20H24N4/c1-15-11-18-12-19(13-21-20(18)22-15)17-5-3-16(4-6-17)14-24-9-7-23(2)8-10-24/h3-6,11-13H,7-10,14H2,1-2H3,(H,21,22). The number of hydrogen-bond acceptors (Lipinski definition) is 3. The van der Waals surface area contributed by atoms with Crippen molar-refractivity contribution in [1.29, 1.82) is 0 Å². The molecular formula is C20H24N4. The summed E-state index contributed by atoms with van der Waals surface area (Å²) in [6.07, 6.45) is 1.95. The minimum absolute atomic E-state index is 0.961. The van der Waals surface area contributed by atoms with Gasteiger partial charge in [0.25, 0.3) is 0 Å². The maximum absolute atomic E-state index is 4.53. The van der Waals surface area contributed by atoms with Gasteiger partial charge in [0.15, 0.2) is 0 Å². The summed E-state index contributed by atoms with van der Waals surface area (Å²) in [7, 11) is 2.20. The Balaban J connectivity index is 1.50. The molecule has 2 aromatic heterocycles. The molecule has 1 aromatic carbocycles. The molecule has 4 nitrogen and oxygen atoms in total. The average Bonchev–Trinajstić information content (AvgIpc) is 2.97. The van der Waals surface area contributed by atoms with E-state index in [0.29, 0.717) is 0 Å². The number of aromatic amines is 1. The Morgan fingerprint density at radius 2 is 1.75 bits per heavy atom. The molecule has 1 fully saturated rings. The molecule has 24 heavy (non-hydrogen) atoms. The summed E-state index contributed by atoms with van der Waals surface area (Å²) < 4.78 is 0. The van der Waals surface area contributed by atoms with Gasteiger partial charge in [0.2, 0.25) is 0 Å². The van der Waals surface area contributed by atoms with Gasteiger partial charge in [-0.3, -0.25) is 4.90 Å². The molecular weight excluding hydrogens is 296 g/mol. The van der Waals surface area contributed by atoms with Crippen molar-refractivity contribution >= 4 is 11.0 Å². The Kier molecular flexibility index (Phi) is 4.08. The van der Waals surface area contributed by atoms with Gasteiger partial charge in [0.1, 0.15) is 5.65 Å². The molecule has 0 spiro atoms. The summed E-state index contributed by atoms with van der Waals surface area (Å²) in [6, 6.07) is 13.3. The first kappa shape index (κ1) is 15.4. The number of piperazine rings is 1. The number of rotatable bonds is 3. The molecule has 1 N–H and O–H groups in total. The number of fused-ring (bicyclic) bond motifs is 1. The minimum atomic E-state index is 0.961. The van der Waals surface area contributed by atoms with Gasteiger partial charge >= 0.3 is 0 Å². The summed E-state index contributed by atoms with van der Waals surface area (Å²) in [5, 5.41) is 1.17. The summed E-state index contributed by atoms with van der Waals surface area (Å²) in [4.78, 5) is 12.7. The Morgan fingerprint density at radius 1 is 1.00 bits per heavy atom. The fraction of sp³-hybridized carbons (Fsp3) is 0.350. The van der Waals surface area contributed by atoms with Crippen LogP contribution in [0.3, 0.4) is 0 Å². The highest BCUT2D eigenvalue weighted by atomic mass is 15.2. The molecule has 1 aliphatic rings. The lowest BCUT2D eigenvalue weighted by molar-refractivity contribution is 0.148. The molecule has 0 aliphatic carbocycles. The van der Waals surface area contributed by atoms with Crippen molar-refractivity contribution in [2.75, 3.05) is 33.2 Å². The summed E-state index contributed by atoms with van der Waals surface area (Å²) in [5.74, 6) is 0. The highest BCUT2D eigenvalue weighted by Crippen LogP contribution is 2.24. The number of aromatic nitrogens is 2. The lowest BCUT2D eigenvalue weighted by Crippen LogP contribution is -2.43. The van der Waals surface area contributed by atoms with Crippen LogP contribution in [0, 0.1) is 6.92 Å². The monoisotopic (exact) mass is 320 g/mol. The van der Waals surface area contributed by atoms with Crippen LogP contribution in [0.1, 0.15) is 11.3 Å². The van der Waals surface area contributed by atoms with Crippen LogP contribution in [-0.2, 0) is 6.54 Å². The largest absolute Gasteiger partial charge is 0.344 e. The van der Waals surface area contributed by atoms with E-state index in [4.69, 9.17) is 0 Å². The average molecular weight is 320 g/mol. The van der Waals surface area contributed by atoms with Gasteiger partial charge in [0, 0.05) is 55.6 Å². The molecule has 1 saturated heterocycles. The molecule has 0 bridgehead atoms. The Labute approximate surface area is 143 Å². The second-order valence-electron chi connectivity index (χ2n) is 6.89. The van der Waals surface area contributed by atoms with E-state index in [2.05, 4.69) is 70.1 Å². The van der Waals surface area contributed by atoms with Crippen molar-refractivity contribution in [3.8, 4) is 11.1 Å². The molecule has 0 atom stereocenters. The fourth-order valence-electron chi connectivity index (χ4n) is 3.38. The van der Waals surface area contributed by atoms with Crippen molar-refractivity contribution in [3.05, 3.63) is 53.9 Å². The number of H-pyrrole nitrogens is 1. The zero-order valence-corrected chi connectivity index (χ0v) is 14.4. The summed E-state index contributed by atoms with van der Waals surface area (Å²) >= 11 is 0. The van der Waals surface area contributed by atoms with Crippen molar-refractivity contribution in [2.24, 2.45) is 0 Å². The minimum Gasteiger partial charge on any atom is -0.344 e. The molecule has 1 aliphatic heterocycles. The van der Waals surface area contributed by atoms with Gasteiger partial charge in [-0.15, -0.1) is 0 Å². The second kappa shape index (κ2) is 6.38. The lowest BCUT2D eigenvalue weighted by Gasteiger charge is -2.32. The molecule has 0 saturated carbocycles. The molecule has 0 radical (unpaired) electrons. The van der Waals surface area contributed by atoms with E-state index in [9.17, 15) is 0 Å². The van der Waals surface area contributed by atoms with E-state index in [1.807, 2.05) is 6.20 Å². The van der Waals surface area contributed by atoms with Crippen LogP contribution in [0.5, 0.6) is 0 Å². The number of nitrogens with zero attached hydrogens (tertiary/aromatic N) is 3. The number of hydrogen-bond donors (Lipinski definition) is 1. The number of nitrogens with one attached hydrogen (secondary N) is 1. The third-order valence-corrected chi connectivity index (χ3v) is 4.89. The molecule has 3 heterocycles. The molecule has 4 heteroatoms. The SMILES string of the molecule is Cc1cc2cc(-c3ccc(CN4CCN(C)CC4)cc3)cnc2[nH]1. The Bertz CT molecular complexity index is 826. The van der Waals surface area contributed by atoms with Crippen LogP contribution >= 0.6 is 0 Å². The number of benzene rings is 1. The molecule has 0 unspecified atom stereocenters. The third kappa shape index (κ3) is 3.21. The van der Waals surface area contributed by atoms with E-state index in [0.717, 1.165) is 31.0 Å². The van der Waals surface area contributed by atoms with Crippen molar-refractivity contribution in [3.63, 3.8) is 0 Å². The fourth-order valence-corrected chi connectivity index (χ4v) is 3.38. The van der Waals surface area contributed by atoms with Gasteiger partial charge in [-0.05, 0) is 37.2 Å². The van der Waals surface area contributed by atoms with Crippen LogP contribution in [0.15, 0.2) is 42.6 Å². The number of aryl methyl sites for hydroxylation is 1. The first-order valence-corrected chi connectivity index (χ1v) is 8.63. The van der Waals surface area contributed by atoms with Gasteiger partial charge < -0.3 is 9.88 Å². The number of likely N-dealkylation sites (N-methyl/N-ethyl adjacent to an activating group) is 1. The Hall–Kier alpha value is -2.17. The van der Waals surface area contributed by atoms with E-state index in [1.54, 1.807) is 0 Å². The van der Waals surface area contributed by atoms with Gasteiger partial charge in [-0.2, -0.15) is 0 Å². The normalized spacial score (nSPS) is 16.8. The van der Waals surface area contributed by atoms with Crippen LogP contribution in [-0.4, -0.2) is 53.0 Å². The zero-order chi connectivity index (χ0) is 16.5. The summed E-state index contributed by atoms with van der Waals surface area (Å²) in [6.45, 7) is 7.76. The van der Waals surface area contributed by atoms with Crippen LogP contribution < -0.4 is 0 Å². The third-order valence-electron chi connectivity index (χ3n) is 4.89. The summed E-state index contributed by atoms with van der Waals surface area (Å²) in [5.41, 5.74) is 5.90. The van der Waals surface area contributed by atoms with E-state index in [-0.39, 0.29) is 0 Å². The highest BCUT2D eigenvalue weighted by molar-refractivity contribution is 5.82. The zero-order valence-electron chi connectivity index (χ0n) is 14.4.